The Labute approximate surface area is 113 Å². The van der Waals surface area contributed by atoms with E-state index in [4.69, 9.17) is 5.26 Å². The standard InChI is InChI=1S/C13H17N3O2S/c1-10-7-13(4-3-12(10)8-14)19(17,18)16-6-5-15-9-11(16)2/h3-4,7,11,15H,5-6,9H2,1-2H3. The lowest BCUT2D eigenvalue weighted by atomic mass is 10.1. The Kier molecular flexibility index (Phi) is 3.90. The quantitative estimate of drug-likeness (QED) is 0.871. The molecule has 0 bridgehead atoms. The van der Waals surface area contributed by atoms with Gasteiger partial charge in [0.2, 0.25) is 10.0 Å². The molecule has 1 unspecified atom stereocenters. The zero-order valence-corrected chi connectivity index (χ0v) is 11.9. The number of nitrogens with zero attached hydrogens (tertiary/aromatic N) is 2. The maximum atomic E-state index is 12.6. The van der Waals surface area contributed by atoms with Gasteiger partial charge >= 0.3 is 0 Å². The van der Waals surface area contributed by atoms with Crippen LogP contribution in [0.25, 0.3) is 0 Å². The first-order chi connectivity index (χ1) is 8.96. The number of nitriles is 1. The van der Waals surface area contributed by atoms with Gasteiger partial charge in [0.1, 0.15) is 0 Å². The second-order valence-corrected chi connectivity index (χ2v) is 6.65. The van der Waals surface area contributed by atoms with E-state index in [9.17, 15) is 8.42 Å². The van der Waals surface area contributed by atoms with Gasteiger partial charge in [-0.05, 0) is 37.6 Å². The second kappa shape index (κ2) is 5.29. The predicted molar refractivity (Wildman–Crippen MR) is 72.1 cm³/mol. The summed E-state index contributed by atoms with van der Waals surface area (Å²) in [5.41, 5.74) is 1.19. The highest BCUT2D eigenvalue weighted by molar-refractivity contribution is 7.89. The van der Waals surface area contributed by atoms with E-state index in [1.165, 1.54) is 10.4 Å². The lowest BCUT2D eigenvalue weighted by molar-refractivity contribution is 0.284. The molecule has 19 heavy (non-hydrogen) atoms. The monoisotopic (exact) mass is 279 g/mol. The van der Waals surface area contributed by atoms with Gasteiger partial charge in [-0.3, -0.25) is 0 Å². The van der Waals surface area contributed by atoms with Crippen molar-refractivity contribution in [2.75, 3.05) is 19.6 Å². The smallest absolute Gasteiger partial charge is 0.243 e. The van der Waals surface area contributed by atoms with Crippen LogP contribution in [0.5, 0.6) is 0 Å². The molecule has 1 aromatic rings. The van der Waals surface area contributed by atoms with E-state index in [2.05, 4.69) is 5.32 Å². The van der Waals surface area contributed by atoms with Gasteiger partial charge in [-0.15, -0.1) is 0 Å². The summed E-state index contributed by atoms with van der Waals surface area (Å²) in [6, 6.07) is 6.63. The van der Waals surface area contributed by atoms with Gasteiger partial charge in [-0.25, -0.2) is 8.42 Å². The van der Waals surface area contributed by atoms with Crippen LogP contribution >= 0.6 is 0 Å². The molecule has 0 spiro atoms. The van der Waals surface area contributed by atoms with E-state index < -0.39 is 10.0 Å². The third kappa shape index (κ3) is 2.63. The number of nitrogens with one attached hydrogen (secondary N) is 1. The molecule has 0 saturated carbocycles. The van der Waals surface area contributed by atoms with Crippen molar-refractivity contribution < 1.29 is 8.42 Å². The minimum absolute atomic E-state index is 0.0605. The van der Waals surface area contributed by atoms with Crippen molar-refractivity contribution in [2.24, 2.45) is 0 Å². The Hall–Kier alpha value is -1.42. The fourth-order valence-electron chi connectivity index (χ4n) is 2.24. The van der Waals surface area contributed by atoms with Crippen LogP contribution in [0, 0.1) is 18.3 Å². The molecular formula is C13H17N3O2S. The molecule has 1 aliphatic rings. The highest BCUT2D eigenvalue weighted by atomic mass is 32.2. The Morgan fingerprint density at radius 1 is 1.47 bits per heavy atom. The molecule has 1 saturated heterocycles. The molecule has 2 rings (SSSR count). The van der Waals surface area contributed by atoms with Crippen LogP contribution in [0.3, 0.4) is 0 Å². The van der Waals surface area contributed by atoms with Gasteiger partial charge in [0.05, 0.1) is 16.5 Å². The van der Waals surface area contributed by atoms with Crippen LogP contribution in [0.15, 0.2) is 23.1 Å². The summed E-state index contributed by atoms with van der Waals surface area (Å²) in [6.45, 7) is 5.44. The van der Waals surface area contributed by atoms with Gasteiger partial charge < -0.3 is 5.32 Å². The third-order valence-electron chi connectivity index (χ3n) is 3.37. The Bertz CT molecular complexity index is 619. The molecule has 1 N–H and O–H groups in total. The first kappa shape index (κ1) is 14.0. The molecule has 1 aromatic carbocycles. The van der Waals surface area contributed by atoms with Crippen molar-refractivity contribution in [3.63, 3.8) is 0 Å². The maximum Gasteiger partial charge on any atom is 0.243 e. The van der Waals surface area contributed by atoms with Crippen molar-refractivity contribution in [3.8, 4) is 6.07 Å². The Balaban J connectivity index is 2.39. The molecule has 1 heterocycles. The zero-order valence-electron chi connectivity index (χ0n) is 11.0. The average molecular weight is 279 g/mol. The summed E-state index contributed by atoms with van der Waals surface area (Å²) < 4.78 is 26.6. The van der Waals surface area contributed by atoms with Gasteiger partial charge in [0.15, 0.2) is 0 Å². The minimum Gasteiger partial charge on any atom is -0.314 e. The number of aryl methyl sites for hydroxylation is 1. The molecule has 102 valence electrons. The highest BCUT2D eigenvalue weighted by Crippen LogP contribution is 2.21. The molecule has 0 radical (unpaired) electrons. The number of piperazine rings is 1. The summed E-state index contributed by atoms with van der Waals surface area (Å²) >= 11 is 0. The Morgan fingerprint density at radius 3 is 2.79 bits per heavy atom. The molecule has 5 nitrogen and oxygen atoms in total. The van der Waals surface area contributed by atoms with Crippen molar-refractivity contribution in [2.45, 2.75) is 24.8 Å². The van der Waals surface area contributed by atoms with E-state index in [-0.39, 0.29) is 10.9 Å². The fraction of sp³-hybridized carbons (Fsp3) is 0.462. The largest absolute Gasteiger partial charge is 0.314 e. The van der Waals surface area contributed by atoms with Crippen LogP contribution < -0.4 is 5.32 Å². The maximum absolute atomic E-state index is 12.6. The predicted octanol–water partition coefficient (Wildman–Crippen LogP) is 0.849. The average Bonchev–Trinajstić information content (AvgIpc) is 2.39. The number of hydrogen-bond acceptors (Lipinski definition) is 4. The number of benzene rings is 1. The summed E-state index contributed by atoms with van der Waals surface area (Å²) in [5.74, 6) is 0. The summed E-state index contributed by atoms with van der Waals surface area (Å²) in [5, 5.41) is 12.1. The molecule has 1 aliphatic heterocycles. The molecule has 0 aliphatic carbocycles. The van der Waals surface area contributed by atoms with Gasteiger partial charge in [-0.2, -0.15) is 9.57 Å². The van der Waals surface area contributed by atoms with Crippen molar-refractivity contribution in [1.29, 1.82) is 5.26 Å². The normalized spacial score (nSPS) is 21.0. The molecule has 0 amide bonds. The van der Waals surface area contributed by atoms with Gasteiger partial charge in [0, 0.05) is 25.7 Å². The molecule has 0 aromatic heterocycles. The van der Waals surface area contributed by atoms with E-state index >= 15 is 0 Å². The minimum atomic E-state index is -3.47. The number of sulfonamides is 1. The van der Waals surface area contributed by atoms with Crippen LogP contribution in [0.2, 0.25) is 0 Å². The van der Waals surface area contributed by atoms with Gasteiger partial charge in [0.25, 0.3) is 0 Å². The van der Waals surface area contributed by atoms with Crippen molar-refractivity contribution >= 4 is 10.0 Å². The first-order valence-corrected chi connectivity index (χ1v) is 7.64. The van der Waals surface area contributed by atoms with E-state index in [1.54, 1.807) is 19.1 Å². The van der Waals surface area contributed by atoms with Crippen LogP contribution in [0.1, 0.15) is 18.1 Å². The number of rotatable bonds is 2. The number of hydrogen-bond donors (Lipinski definition) is 1. The first-order valence-electron chi connectivity index (χ1n) is 6.20. The van der Waals surface area contributed by atoms with Crippen LogP contribution in [-0.2, 0) is 10.0 Å². The summed E-state index contributed by atoms with van der Waals surface area (Å²) in [6.07, 6.45) is 0. The van der Waals surface area contributed by atoms with Crippen LogP contribution in [0.4, 0.5) is 0 Å². The van der Waals surface area contributed by atoms with E-state index in [0.29, 0.717) is 30.8 Å². The lowest BCUT2D eigenvalue weighted by Gasteiger charge is -2.32. The molecule has 1 atom stereocenters. The lowest BCUT2D eigenvalue weighted by Crippen LogP contribution is -2.52. The topological polar surface area (TPSA) is 73.2 Å². The summed E-state index contributed by atoms with van der Waals surface area (Å²) in [4.78, 5) is 0.262. The Morgan fingerprint density at radius 2 is 2.21 bits per heavy atom. The fourth-order valence-corrected chi connectivity index (χ4v) is 3.95. The molecular weight excluding hydrogens is 262 g/mol. The SMILES string of the molecule is Cc1cc(S(=O)(=O)N2CCNCC2C)ccc1C#N. The van der Waals surface area contributed by atoms with Gasteiger partial charge in [-0.1, -0.05) is 0 Å². The van der Waals surface area contributed by atoms with E-state index in [1.807, 2.05) is 13.0 Å². The van der Waals surface area contributed by atoms with E-state index in [0.717, 1.165) is 0 Å². The zero-order chi connectivity index (χ0) is 14.0. The molecule has 6 heteroatoms. The van der Waals surface area contributed by atoms with Crippen molar-refractivity contribution in [1.82, 2.24) is 9.62 Å². The van der Waals surface area contributed by atoms with Crippen molar-refractivity contribution in [3.05, 3.63) is 29.3 Å². The highest BCUT2D eigenvalue weighted by Gasteiger charge is 2.30. The summed E-state index contributed by atoms with van der Waals surface area (Å²) in [7, 11) is -3.47. The second-order valence-electron chi connectivity index (χ2n) is 4.76. The molecule has 1 fully saturated rings. The van der Waals surface area contributed by atoms with Crippen LogP contribution in [-0.4, -0.2) is 38.4 Å². The third-order valence-corrected chi connectivity index (χ3v) is 5.37.